The van der Waals surface area contributed by atoms with Crippen molar-refractivity contribution < 1.29 is 18.4 Å². The first kappa shape index (κ1) is 26.2. The van der Waals surface area contributed by atoms with Crippen LogP contribution in [-0.2, 0) is 18.0 Å². The highest BCUT2D eigenvalue weighted by molar-refractivity contribution is 7.07. The fourth-order valence-corrected chi connectivity index (χ4v) is 5.05. The number of halogens is 2. The number of rotatable bonds is 7. The van der Waals surface area contributed by atoms with Gasteiger partial charge in [0.2, 0.25) is 11.7 Å². The Labute approximate surface area is 227 Å². The van der Waals surface area contributed by atoms with E-state index in [1.807, 2.05) is 28.3 Å². The van der Waals surface area contributed by atoms with Crippen LogP contribution in [0, 0.1) is 12.7 Å². The lowest BCUT2D eigenvalue weighted by Gasteiger charge is -2.34. The summed E-state index contributed by atoms with van der Waals surface area (Å²) in [5, 5.41) is 5.92. The van der Waals surface area contributed by atoms with E-state index in [2.05, 4.69) is 15.0 Å². The molecular formula is C25H25ClFN7O3S. The summed E-state index contributed by atoms with van der Waals surface area (Å²) in [4.78, 5) is 31.3. The van der Waals surface area contributed by atoms with Crippen molar-refractivity contribution in [1.29, 1.82) is 0 Å². The Kier molecular flexibility index (Phi) is 7.93. The van der Waals surface area contributed by atoms with Crippen molar-refractivity contribution in [2.75, 3.05) is 33.3 Å². The Morgan fingerprint density at radius 1 is 1.24 bits per heavy atom. The minimum atomic E-state index is -0.687. The van der Waals surface area contributed by atoms with Gasteiger partial charge in [-0.3, -0.25) is 14.3 Å². The number of nitrogens with zero attached hydrogens (tertiary/aromatic N) is 7. The largest absolute Gasteiger partial charge is 0.364 e. The molecular weight excluding hydrogens is 533 g/mol. The van der Waals surface area contributed by atoms with Crippen molar-refractivity contribution in [1.82, 2.24) is 29.5 Å². The van der Waals surface area contributed by atoms with Crippen LogP contribution in [0.15, 0.2) is 51.4 Å². The van der Waals surface area contributed by atoms with Gasteiger partial charge in [-0.2, -0.15) is 4.98 Å². The predicted molar refractivity (Wildman–Crippen MR) is 139 cm³/mol. The number of pyridine rings is 1. The van der Waals surface area contributed by atoms with Crippen LogP contribution < -0.4 is 4.80 Å². The molecule has 3 aromatic heterocycles. The number of benzene rings is 1. The number of ether oxygens (including phenoxy) is 1. The van der Waals surface area contributed by atoms with Crippen molar-refractivity contribution >= 4 is 34.7 Å². The quantitative estimate of drug-likeness (QED) is 0.340. The molecule has 0 unspecified atom stereocenters. The van der Waals surface area contributed by atoms with Crippen LogP contribution >= 0.6 is 22.9 Å². The Balaban J connectivity index is 1.35. The molecule has 0 aliphatic carbocycles. The number of methoxy groups -OCH3 is 1. The molecule has 0 saturated carbocycles. The number of piperazine rings is 1. The average molecular weight is 558 g/mol. The normalized spacial score (nSPS) is 14.8. The molecule has 0 N–H and O–H groups in total. The molecule has 198 valence electrons. The highest BCUT2D eigenvalue weighted by Gasteiger charge is 2.25. The van der Waals surface area contributed by atoms with Crippen LogP contribution in [0.25, 0.3) is 11.4 Å². The molecule has 38 heavy (non-hydrogen) atoms. The average Bonchev–Trinajstić information content (AvgIpc) is 3.54. The number of thiazole rings is 1. The van der Waals surface area contributed by atoms with Gasteiger partial charge in [0.25, 0.3) is 5.91 Å². The van der Waals surface area contributed by atoms with Crippen LogP contribution in [0.2, 0.25) is 5.02 Å². The van der Waals surface area contributed by atoms with Gasteiger partial charge in [0.05, 0.1) is 16.3 Å². The van der Waals surface area contributed by atoms with Gasteiger partial charge in [-0.25, -0.2) is 14.4 Å². The number of hydrogen-bond donors (Lipinski definition) is 0. The number of carbonyl (C=O) groups is 1. The summed E-state index contributed by atoms with van der Waals surface area (Å²) in [5.74, 6) is 0.381. The molecule has 1 saturated heterocycles. The summed E-state index contributed by atoms with van der Waals surface area (Å²) in [6, 6.07) is 8.20. The standard InChI is InChI=1S/C25H25ClFN7O3S/c1-16-28-23(31-37-16)17-12-18(29-21(13-17)30-25-34(15-36-2)10-11-38-25)14-32-6-8-33(9-7-32)24(35)19-4-3-5-20(26)22(19)27/h3-5,10-13H,6-9,14-15H2,1-2H3. The predicted octanol–water partition coefficient (Wildman–Crippen LogP) is 3.89. The number of hydrogen-bond acceptors (Lipinski definition) is 9. The SMILES string of the molecule is COCn1ccsc1=Nc1cc(-c2noc(C)n2)cc(CN2CCN(C(=O)c3cccc(Cl)c3F)CC2)n1. The Morgan fingerprint density at radius 3 is 2.79 bits per heavy atom. The van der Waals surface area contributed by atoms with E-state index in [9.17, 15) is 9.18 Å². The third-order valence-electron chi connectivity index (χ3n) is 6.02. The highest BCUT2D eigenvalue weighted by Crippen LogP contribution is 2.24. The molecule has 1 aliphatic rings. The van der Waals surface area contributed by atoms with Gasteiger partial charge in [0.15, 0.2) is 16.4 Å². The molecule has 1 aromatic carbocycles. The molecule has 1 fully saturated rings. The zero-order valence-electron chi connectivity index (χ0n) is 20.8. The zero-order valence-corrected chi connectivity index (χ0v) is 22.4. The second-order valence-corrected chi connectivity index (χ2v) is 9.98. The molecule has 5 rings (SSSR count). The Hall–Kier alpha value is -3.45. The van der Waals surface area contributed by atoms with Crippen LogP contribution in [0.1, 0.15) is 21.9 Å². The van der Waals surface area contributed by atoms with Crippen molar-refractivity contribution in [2.24, 2.45) is 4.99 Å². The lowest BCUT2D eigenvalue weighted by molar-refractivity contribution is 0.0622. The summed E-state index contributed by atoms with van der Waals surface area (Å²) >= 11 is 7.34. The molecule has 1 amide bonds. The van der Waals surface area contributed by atoms with Gasteiger partial charge >= 0.3 is 0 Å². The first-order valence-electron chi connectivity index (χ1n) is 11.9. The highest BCUT2D eigenvalue weighted by atomic mass is 35.5. The van der Waals surface area contributed by atoms with Crippen LogP contribution in [0.4, 0.5) is 10.2 Å². The third kappa shape index (κ3) is 5.83. The molecule has 0 bridgehead atoms. The molecule has 0 radical (unpaired) electrons. The smallest absolute Gasteiger partial charge is 0.256 e. The van der Waals surface area contributed by atoms with Crippen LogP contribution in [-0.4, -0.2) is 68.7 Å². The maximum Gasteiger partial charge on any atom is 0.256 e. The molecule has 4 heterocycles. The van der Waals surface area contributed by atoms with Crippen molar-refractivity contribution in [2.45, 2.75) is 20.2 Å². The molecule has 1 aliphatic heterocycles. The molecule has 4 aromatic rings. The third-order valence-corrected chi connectivity index (χ3v) is 7.10. The summed E-state index contributed by atoms with van der Waals surface area (Å²) < 4.78 is 26.7. The van der Waals surface area contributed by atoms with Gasteiger partial charge in [0, 0.05) is 63.9 Å². The molecule has 0 atom stereocenters. The lowest BCUT2D eigenvalue weighted by atomic mass is 10.1. The second-order valence-electron chi connectivity index (χ2n) is 8.70. The summed E-state index contributed by atoms with van der Waals surface area (Å²) in [7, 11) is 1.63. The van der Waals surface area contributed by atoms with E-state index in [1.165, 1.54) is 23.5 Å². The fraction of sp³-hybridized carbons (Fsp3) is 0.320. The summed E-state index contributed by atoms with van der Waals surface area (Å²) in [6.07, 6.45) is 1.90. The van der Waals surface area contributed by atoms with E-state index >= 15 is 0 Å². The van der Waals surface area contributed by atoms with Crippen molar-refractivity contribution in [3.05, 3.63) is 74.7 Å². The fourth-order valence-electron chi connectivity index (χ4n) is 4.16. The van der Waals surface area contributed by atoms with Crippen molar-refractivity contribution in [3.8, 4) is 11.4 Å². The van der Waals surface area contributed by atoms with E-state index in [4.69, 9.17) is 30.8 Å². The minimum Gasteiger partial charge on any atom is -0.364 e. The first-order valence-corrected chi connectivity index (χ1v) is 13.1. The maximum absolute atomic E-state index is 14.4. The van der Waals surface area contributed by atoms with E-state index in [0.717, 1.165) is 16.1 Å². The second kappa shape index (κ2) is 11.5. The van der Waals surface area contributed by atoms with Gasteiger partial charge in [-0.1, -0.05) is 22.8 Å². The van der Waals surface area contributed by atoms with E-state index in [0.29, 0.717) is 57.0 Å². The van der Waals surface area contributed by atoms with Crippen LogP contribution in [0.5, 0.6) is 0 Å². The van der Waals surface area contributed by atoms with Gasteiger partial charge in [0.1, 0.15) is 6.73 Å². The van der Waals surface area contributed by atoms with E-state index in [-0.39, 0.29) is 16.5 Å². The lowest BCUT2D eigenvalue weighted by Crippen LogP contribution is -2.48. The maximum atomic E-state index is 14.4. The van der Waals surface area contributed by atoms with Crippen molar-refractivity contribution in [3.63, 3.8) is 0 Å². The number of aryl methyl sites for hydroxylation is 1. The van der Waals surface area contributed by atoms with Gasteiger partial charge in [-0.15, -0.1) is 11.3 Å². The summed E-state index contributed by atoms with van der Waals surface area (Å²) in [5.41, 5.74) is 1.51. The Bertz CT molecular complexity index is 1510. The Morgan fingerprint density at radius 2 is 2.05 bits per heavy atom. The van der Waals surface area contributed by atoms with Crippen LogP contribution in [0.3, 0.4) is 0 Å². The van der Waals surface area contributed by atoms with E-state index < -0.39 is 5.82 Å². The topological polar surface area (TPSA) is 102 Å². The summed E-state index contributed by atoms with van der Waals surface area (Å²) in [6.45, 7) is 4.76. The monoisotopic (exact) mass is 557 g/mol. The zero-order chi connectivity index (χ0) is 26.6. The minimum absolute atomic E-state index is 0.0127. The first-order chi connectivity index (χ1) is 18.4. The number of aromatic nitrogens is 4. The number of amides is 1. The molecule has 10 nitrogen and oxygen atoms in total. The van der Waals surface area contributed by atoms with Gasteiger partial charge in [-0.05, 0) is 24.3 Å². The number of carbonyl (C=O) groups excluding carboxylic acids is 1. The molecule has 0 spiro atoms. The van der Waals surface area contributed by atoms with Gasteiger partial charge < -0.3 is 14.2 Å². The molecule has 13 heteroatoms. The van der Waals surface area contributed by atoms with E-state index in [1.54, 1.807) is 25.0 Å².